The second kappa shape index (κ2) is 5.57. The summed E-state index contributed by atoms with van der Waals surface area (Å²) in [5.74, 6) is -0.307. The van der Waals surface area contributed by atoms with Crippen LogP contribution in [-0.4, -0.2) is 17.1 Å². The van der Waals surface area contributed by atoms with E-state index in [2.05, 4.69) is 15.9 Å². The topological polar surface area (TPSA) is 48.3 Å². The smallest absolute Gasteiger partial charge is 0.325 e. The highest BCUT2D eigenvalue weighted by Gasteiger charge is 2.10. The van der Waals surface area contributed by atoms with Crippen molar-refractivity contribution in [2.45, 2.75) is 20.4 Å². The van der Waals surface area contributed by atoms with Gasteiger partial charge in [0.1, 0.15) is 6.54 Å². The molecule has 0 bridgehead atoms. The maximum Gasteiger partial charge on any atom is 0.325 e. The lowest BCUT2D eigenvalue weighted by Gasteiger charge is -2.13. The molecule has 0 aliphatic heterocycles. The van der Waals surface area contributed by atoms with E-state index in [0.29, 0.717) is 12.0 Å². The summed E-state index contributed by atoms with van der Waals surface area (Å²) in [6, 6.07) is 6.97. The quantitative estimate of drug-likeness (QED) is 0.816. The number of hydrogen-bond acceptors (Lipinski definition) is 3. The summed E-state index contributed by atoms with van der Waals surface area (Å²) in [4.78, 5) is 23.6. The predicted octanol–water partition coefficient (Wildman–Crippen LogP) is 2.64. The van der Waals surface area contributed by atoms with E-state index in [4.69, 9.17) is 4.74 Å². The first-order valence-corrected chi connectivity index (χ1v) is 6.77. The number of ether oxygens (including phenoxy) is 1. The number of halogens is 1. The van der Waals surface area contributed by atoms with Crippen molar-refractivity contribution in [1.82, 2.24) is 4.57 Å². The molecule has 0 aliphatic carbocycles. The van der Waals surface area contributed by atoms with E-state index in [-0.39, 0.29) is 17.9 Å². The number of fused-ring (bicyclic) bond motifs is 1. The minimum Gasteiger partial charge on any atom is -0.465 e. The van der Waals surface area contributed by atoms with Gasteiger partial charge < -0.3 is 9.30 Å². The zero-order chi connectivity index (χ0) is 14.0. The lowest BCUT2D eigenvalue weighted by Crippen LogP contribution is -2.18. The number of rotatable bonds is 3. The molecular formula is C14H14BrNO3. The lowest BCUT2D eigenvalue weighted by molar-refractivity contribution is -0.143. The van der Waals surface area contributed by atoms with Gasteiger partial charge in [0.05, 0.1) is 12.1 Å². The third kappa shape index (κ3) is 2.87. The van der Waals surface area contributed by atoms with Crippen molar-refractivity contribution in [2.24, 2.45) is 0 Å². The van der Waals surface area contributed by atoms with Crippen molar-refractivity contribution in [2.75, 3.05) is 6.61 Å². The Morgan fingerprint density at radius 1 is 1.37 bits per heavy atom. The van der Waals surface area contributed by atoms with Crippen molar-refractivity contribution < 1.29 is 9.53 Å². The SMILES string of the molecule is CCOC(=O)Cn1c(C)cc(=O)c2cc(Br)ccc21. The fourth-order valence-electron chi connectivity index (χ4n) is 2.02. The summed E-state index contributed by atoms with van der Waals surface area (Å²) in [5.41, 5.74) is 1.43. The van der Waals surface area contributed by atoms with Gasteiger partial charge in [0.2, 0.25) is 0 Å². The summed E-state index contributed by atoms with van der Waals surface area (Å²) >= 11 is 3.35. The van der Waals surface area contributed by atoms with Crippen molar-refractivity contribution in [3.05, 3.63) is 44.7 Å². The molecule has 100 valence electrons. The number of carbonyl (C=O) groups excluding carboxylic acids is 1. The Labute approximate surface area is 119 Å². The van der Waals surface area contributed by atoms with Crippen molar-refractivity contribution in [1.29, 1.82) is 0 Å². The van der Waals surface area contributed by atoms with E-state index in [1.807, 2.05) is 19.1 Å². The number of aryl methyl sites for hydroxylation is 1. The molecule has 1 heterocycles. The highest BCUT2D eigenvalue weighted by atomic mass is 79.9. The Hall–Kier alpha value is -1.62. The molecule has 2 rings (SSSR count). The second-order valence-electron chi connectivity index (χ2n) is 4.20. The van der Waals surface area contributed by atoms with Gasteiger partial charge in [0.15, 0.2) is 5.43 Å². The normalized spacial score (nSPS) is 10.7. The Kier molecular flexibility index (Phi) is 4.04. The first-order chi connectivity index (χ1) is 9.02. The first-order valence-electron chi connectivity index (χ1n) is 5.98. The van der Waals surface area contributed by atoms with Crippen molar-refractivity contribution in [3.63, 3.8) is 0 Å². The number of hydrogen-bond donors (Lipinski definition) is 0. The van der Waals surface area contributed by atoms with Gasteiger partial charge in [-0.3, -0.25) is 9.59 Å². The lowest BCUT2D eigenvalue weighted by atomic mass is 10.2. The number of nitrogens with zero attached hydrogens (tertiary/aromatic N) is 1. The van der Waals surface area contributed by atoms with Crippen molar-refractivity contribution in [3.8, 4) is 0 Å². The molecule has 0 saturated carbocycles. The second-order valence-corrected chi connectivity index (χ2v) is 5.12. The molecule has 0 N–H and O–H groups in total. The molecular weight excluding hydrogens is 310 g/mol. The molecule has 0 unspecified atom stereocenters. The monoisotopic (exact) mass is 323 g/mol. The molecule has 0 radical (unpaired) electrons. The zero-order valence-electron chi connectivity index (χ0n) is 10.8. The Balaban J connectivity index is 2.60. The van der Waals surface area contributed by atoms with Gasteiger partial charge in [-0.15, -0.1) is 0 Å². The minimum atomic E-state index is -0.307. The predicted molar refractivity (Wildman–Crippen MR) is 77.3 cm³/mol. The largest absolute Gasteiger partial charge is 0.465 e. The molecule has 1 aromatic carbocycles. The molecule has 1 aromatic heterocycles. The third-order valence-electron chi connectivity index (χ3n) is 2.87. The Morgan fingerprint density at radius 2 is 2.11 bits per heavy atom. The van der Waals surface area contributed by atoms with E-state index in [0.717, 1.165) is 15.7 Å². The highest BCUT2D eigenvalue weighted by molar-refractivity contribution is 9.10. The molecule has 0 aliphatic rings. The number of carbonyl (C=O) groups is 1. The van der Waals surface area contributed by atoms with E-state index in [1.165, 1.54) is 6.07 Å². The van der Waals surface area contributed by atoms with Crippen LogP contribution in [0.5, 0.6) is 0 Å². The first kappa shape index (κ1) is 13.8. The highest BCUT2D eigenvalue weighted by Crippen LogP contribution is 2.18. The van der Waals surface area contributed by atoms with Crippen LogP contribution in [0.3, 0.4) is 0 Å². The molecule has 0 atom stereocenters. The van der Waals surface area contributed by atoms with Crippen LogP contribution >= 0.6 is 15.9 Å². The number of pyridine rings is 1. The van der Waals surface area contributed by atoms with E-state index >= 15 is 0 Å². The Bertz CT molecular complexity index is 691. The number of aromatic nitrogens is 1. The van der Waals surface area contributed by atoms with Crippen LogP contribution in [0, 0.1) is 6.92 Å². The summed E-state index contributed by atoms with van der Waals surface area (Å²) < 4.78 is 7.59. The fourth-order valence-corrected chi connectivity index (χ4v) is 2.38. The van der Waals surface area contributed by atoms with Crippen LogP contribution < -0.4 is 5.43 Å². The van der Waals surface area contributed by atoms with Gasteiger partial charge in [-0.2, -0.15) is 0 Å². The van der Waals surface area contributed by atoms with E-state index in [9.17, 15) is 9.59 Å². The van der Waals surface area contributed by atoms with Gasteiger partial charge in [-0.05, 0) is 32.0 Å². The molecule has 5 heteroatoms. The van der Waals surface area contributed by atoms with Crippen LogP contribution in [-0.2, 0) is 16.1 Å². The fraction of sp³-hybridized carbons (Fsp3) is 0.286. The van der Waals surface area contributed by atoms with Crippen LogP contribution in [0.25, 0.3) is 10.9 Å². The van der Waals surface area contributed by atoms with Crippen LogP contribution in [0.1, 0.15) is 12.6 Å². The molecule has 4 nitrogen and oxygen atoms in total. The average molecular weight is 324 g/mol. The van der Waals surface area contributed by atoms with Gasteiger partial charge in [-0.1, -0.05) is 15.9 Å². The number of benzene rings is 1. The van der Waals surface area contributed by atoms with Crippen LogP contribution in [0.2, 0.25) is 0 Å². The van der Waals surface area contributed by atoms with E-state index < -0.39 is 0 Å². The molecule has 19 heavy (non-hydrogen) atoms. The Morgan fingerprint density at radius 3 is 2.79 bits per heavy atom. The van der Waals surface area contributed by atoms with Crippen molar-refractivity contribution >= 4 is 32.8 Å². The summed E-state index contributed by atoms with van der Waals surface area (Å²) in [6.07, 6.45) is 0. The molecule has 0 saturated heterocycles. The average Bonchev–Trinajstić information content (AvgIpc) is 2.35. The summed E-state index contributed by atoms with van der Waals surface area (Å²) in [7, 11) is 0. The molecule has 0 spiro atoms. The van der Waals surface area contributed by atoms with Gasteiger partial charge >= 0.3 is 5.97 Å². The molecule has 0 amide bonds. The standard InChI is InChI=1S/C14H14BrNO3/c1-3-19-14(18)8-16-9(2)6-13(17)11-7-10(15)4-5-12(11)16/h4-7H,3,8H2,1-2H3. The van der Waals surface area contributed by atoms with Gasteiger partial charge in [-0.25, -0.2) is 0 Å². The molecule has 0 fully saturated rings. The van der Waals surface area contributed by atoms with Gasteiger partial charge in [0, 0.05) is 21.6 Å². The summed E-state index contributed by atoms with van der Waals surface area (Å²) in [5, 5.41) is 0.587. The summed E-state index contributed by atoms with van der Waals surface area (Å²) in [6.45, 7) is 4.03. The maximum atomic E-state index is 12.0. The van der Waals surface area contributed by atoms with E-state index in [1.54, 1.807) is 17.6 Å². The van der Waals surface area contributed by atoms with Crippen LogP contribution in [0.4, 0.5) is 0 Å². The van der Waals surface area contributed by atoms with Gasteiger partial charge in [0.25, 0.3) is 0 Å². The van der Waals surface area contributed by atoms with Crippen LogP contribution in [0.15, 0.2) is 33.5 Å². The number of esters is 1. The zero-order valence-corrected chi connectivity index (χ0v) is 12.4. The minimum absolute atomic E-state index is 0.0473. The molecule has 2 aromatic rings. The third-order valence-corrected chi connectivity index (χ3v) is 3.37. The maximum absolute atomic E-state index is 12.0.